The molecule has 0 bridgehead atoms. The van der Waals surface area contributed by atoms with Gasteiger partial charge in [-0.25, -0.2) is 4.79 Å². The van der Waals surface area contributed by atoms with Crippen LogP contribution >= 0.6 is 0 Å². The second-order valence-corrected chi connectivity index (χ2v) is 3.95. The molecule has 108 valence electrons. The topological polar surface area (TPSA) is 84.9 Å². The van der Waals surface area contributed by atoms with Crippen LogP contribution in [0, 0.1) is 0 Å². The maximum Gasteiger partial charge on any atom is 0.328 e. The fraction of sp³-hybridized carbons (Fsp3) is 0.286. The van der Waals surface area contributed by atoms with Gasteiger partial charge in [0.15, 0.2) is 6.10 Å². The molecule has 6 heteroatoms. The second kappa shape index (κ2) is 7.18. The van der Waals surface area contributed by atoms with Gasteiger partial charge in [-0.2, -0.15) is 0 Å². The molecule has 0 saturated heterocycles. The van der Waals surface area contributed by atoms with E-state index in [0.717, 1.165) is 6.08 Å². The van der Waals surface area contributed by atoms with Crippen LogP contribution in [0.2, 0.25) is 0 Å². The first kappa shape index (κ1) is 15.6. The summed E-state index contributed by atoms with van der Waals surface area (Å²) in [6.07, 6.45) is 1.69. The molecule has 1 rings (SSSR count). The lowest BCUT2D eigenvalue weighted by Crippen LogP contribution is -2.33. The molecule has 0 aliphatic heterocycles. The molecule has 0 aliphatic carbocycles. The van der Waals surface area contributed by atoms with Gasteiger partial charge in [-0.1, -0.05) is 0 Å². The number of ether oxygens (including phenoxy) is 2. The first-order valence-electron chi connectivity index (χ1n) is 5.95. The van der Waals surface area contributed by atoms with Crippen molar-refractivity contribution in [2.45, 2.75) is 13.0 Å². The van der Waals surface area contributed by atoms with Crippen molar-refractivity contribution in [2.75, 3.05) is 14.2 Å². The maximum absolute atomic E-state index is 11.4. The van der Waals surface area contributed by atoms with E-state index >= 15 is 0 Å². The molecule has 0 aliphatic rings. The van der Waals surface area contributed by atoms with E-state index in [0.29, 0.717) is 17.1 Å². The van der Waals surface area contributed by atoms with Crippen molar-refractivity contribution >= 4 is 18.0 Å². The van der Waals surface area contributed by atoms with Gasteiger partial charge in [-0.15, -0.1) is 0 Å². The summed E-state index contributed by atoms with van der Waals surface area (Å²) in [6, 6.07) is 4.93. The van der Waals surface area contributed by atoms with Crippen LogP contribution in [0.15, 0.2) is 24.3 Å². The molecule has 0 saturated carbocycles. The number of carbonyl (C=O) groups is 2. The molecule has 2 N–H and O–H groups in total. The number of benzene rings is 1. The third-order valence-electron chi connectivity index (χ3n) is 2.54. The molecule has 0 aromatic heterocycles. The quantitative estimate of drug-likeness (QED) is 0.767. The molecule has 1 atom stereocenters. The smallest absolute Gasteiger partial charge is 0.328 e. The van der Waals surface area contributed by atoms with Gasteiger partial charge in [-0.05, 0) is 31.2 Å². The summed E-state index contributed by atoms with van der Waals surface area (Å²) in [5.74, 6) is -0.374. The zero-order valence-corrected chi connectivity index (χ0v) is 11.5. The lowest BCUT2D eigenvalue weighted by molar-refractivity contribution is -0.131. The van der Waals surface area contributed by atoms with Crippen molar-refractivity contribution in [3.63, 3.8) is 0 Å². The maximum atomic E-state index is 11.4. The SMILES string of the molecule is CNC(=O)C(C)Oc1ccc(OC)cc1/C=C/C(=O)O. The normalized spacial score (nSPS) is 11.9. The summed E-state index contributed by atoms with van der Waals surface area (Å²) in [6.45, 7) is 1.60. The molecule has 1 unspecified atom stereocenters. The van der Waals surface area contributed by atoms with Crippen LogP contribution < -0.4 is 14.8 Å². The molecule has 1 aromatic rings. The number of nitrogens with one attached hydrogen (secondary N) is 1. The minimum atomic E-state index is -1.07. The predicted molar refractivity (Wildman–Crippen MR) is 73.8 cm³/mol. The number of likely N-dealkylation sites (N-methyl/N-ethyl adjacent to an activating group) is 1. The second-order valence-electron chi connectivity index (χ2n) is 3.95. The lowest BCUT2D eigenvalue weighted by Gasteiger charge is -2.15. The Morgan fingerprint density at radius 1 is 1.40 bits per heavy atom. The molecule has 20 heavy (non-hydrogen) atoms. The summed E-state index contributed by atoms with van der Waals surface area (Å²) in [5, 5.41) is 11.2. The van der Waals surface area contributed by atoms with E-state index in [1.807, 2.05) is 0 Å². The highest BCUT2D eigenvalue weighted by Crippen LogP contribution is 2.26. The largest absolute Gasteiger partial charge is 0.497 e. The molecule has 0 radical (unpaired) electrons. The first-order chi connectivity index (χ1) is 9.47. The molecule has 1 aromatic carbocycles. The van der Waals surface area contributed by atoms with Crippen molar-refractivity contribution < 1.29 is 24.2 Å². The highest BCUT2D eigenvalue weighted by molar-refractivity contribution is 5.86. The molecule has 0 heterocycles. The monoisotopic (exact) mass is 279 g/mol. The Bertz CT molecular complexity index is 524. The number of carbonyl (C=O) groups excluding carboxylic acids is 1. The first-order valence-corrected chi connectivity index (χ1v) is 5.95. The molecule has 0 spiro atoms. The number of aliphatic carboxylic acids is 1. The summed E-state index contributed by atoms with van der Waals surface area (Å²) < 4.78 is 10.6. The number of carboxylic acid groups (broad SMARTS) is 1. The summed E-state index contributed by atoms with van der Waals surface area (Å²) >= 11 is 0. The number of carboxylic acids is 1. The Hall–Kier alpha value is -2.50. The van der Waals surface area contributed by atoms with Crippen molar-refractivity contribution in [1.29, 1.82) is 0 Å². The van der Waals surface area contributed by atoms with E-state index in [1.165, 1.54) is 20.2 Å². The van der Waals surface area contributed by atoms with E-state index in [4.69, 9.17) is 14.6 Å². The van der Waals surface area contributed by atoms with Gasteiger partial charge < -0.3 is 19.9 Å². The molecule has 1 amide bonds. The number of methoxy groups -OCH3 is 1. The molecular weight excluding hydrogens is 262 g/mol. The van der Waals surface area contributed by atoms with Gasteiger partial charge in [-0.3, -0.25) is 4.79 Å². The summed E-state index contributed by atoms with van der Waals surface area (Å²) in [4.78, 5) is 22.0. The average Bonchev–Trinajstić information content (AvgIpc) is 2.44. The van der Waals surface area contributed by atoms with Crippen molar-refractivity contribution in [3.05, 3.63) is 29.8 Å². The van der Waals surface area contributed by atoms with E-state index in [9.17, 15) is 9.59 Å². The van der Waals surface area contributed by atoms with Gasteiger partial charge in [0.25, 0.3) is 5.91 Å². The van der Waals surface area contributed by atoms with E-state index < -0.39 is 12.1 Å². The zero-order valence-electron chi connectivity index (χ0n) is 11.5. The average molecular weight is 279 g/mol. The molecule has 0 fully saturated rings. The van der Waals surface area contributed by atoms with Crippen LogP contribution in [0.5, 0.6) is 11.5 Å². The highest BCUT2D eigenvalue weighted by atomic mass is 16.5. The van der Waals surface area contributed by atoms with Crippen molar-refractivity contribution in [1.82, 2.24) is 5.32 Å². The molecule has 6 nitrogen and oxygen atoms in total. The lowest BCUT2D eigenvalue weighted by atomic mass is 10.1. The zero-order chi connectivity index (χ0) is 15.1. The Morgan fingerprint density at radius 3 is 2.65 bits per heavy atom. The number of amides is 1. The van der Waals surface area contributed by atoms with E-state index in [1.54, 1.807) is 25.1 Å². The van der Waals surface area contributed by atoms with Crippen LogP contribution in [-0.2, 0) is 9.59 Å². The minimum Gasteiger partial charge on any atom is -0.497 e. The Kier molecular flexibility index (Phi) is 5.58. The summed E-state index contributed by atoms with van der Waals surface area (Å²) in [7, 11) is 3.02. The van der Waals surface area contributed by atoms with Crippen LogP contribution in [-0.4, -0.2) is 37.2 Å². The predicted octanol–water partition coefficient (Wildman–Crippen LogP) is 1.31. The third kappa shape index (κ3) is 4.31. The van der Waals surface area contributed by atoms with E-state index in [-0.39, 0.29) is 5.91 Å². The highest BCUT2D eigenvalue weighted by Gasteiger charge is 2.14. The Balaban J connectivity index is 3.05. The van der Waals surface area contributed by atoms with Crippen LogP contribution in [0.1, 0.15) is 12.5 Å². The standard InChI is InChI=1S/C14H17NO5/c1-9(14(18)15-2)20-12-6-5-11(19-3)8-10(12)4-7-13(16)17/h4-9H,1-3H3,(H,15,18)(H,16,17)/b7-4+. The minimum absolute atomic E-state index is 0.269. The Labute approximate surface area is 117 Å². The fourth-order valence-corrected chi connectivity index (χ4v) is 1.50. The number of hydrogen-bond acceptors (Lipinski definition) is 4. The van der Waals surface area contributed by atoms with Crippen molar-refractivity contribution in [3.8, 4) is 11.5 Å². The number of hydrogen-bond donors (Lipinski definition) is 2. The van der Waals surface area contributed by atoms with Gasteiger partial charge in [0, 0.05) is 18.7 Å². The Morgan fingerprint density at radius 2 is 2.10 bits per heavy atom. The fourth-order valence-electron chi connectivity index (χ4n) is 1.50. The van der Waals surface area contributed by atoms with Crippen LogP contribution in [0.3, 0.4) is 0 Å². The third-order valence-corrected chi connectivity index (χ3v) is 2.54. The molecular formula is C14H17NO5. The van der Waals surface area contributed by atoms with Gasteiger partial charge >= 0.3 is 5.97 Å². The van der Waals surface area contributed by atoms with Gasteiger partial charge in [0.1, 0.15) is 11.5 Å². The van der Waals surface area contributed by atoms with Crippen molar-refractivity contribution in [2.24, 2.45) is 0 Å². The van der Waals surface area contributed by atoms with E-state index in [2.05, 4.69) is 5.32 Å². The summed E-state index contributed by atoms with van der Waals surface area (Å²) in [5.41, 5.74) is 0.516. The van der Waals surface area contributed by atoms with Gasteiger partial charge in [0.2, 0.25) is 0 Å². The van der Waals surface area contributed by atoms with Crippen LogP contribution in [0.25, 0.3) is 6.08 Å². The van der Waals surface area contributed by atoms with Crippen LogP contribution in [0.4, 0.5) is 0 Å². The van der Waals surface area contributed by atoms with Gasteiger partial charge in [0.05, 0.1) is 7.11 Å². The number of rotatable bonds is 6.